The van der Waals surface area contributed by atoms with E-state index >= 15 is 0 Å². The molecule has 6 heteroatoms. The van der Waals surface area contributed by atoms with Crippen LogP contribution < -0.4 is 0 Å². The number of aromatic nitrogens is 2. The van der Waals surface area contributed by atoms with Crippen LogP contribution in [0, 0.1) is 10.1 Å². The molecule has 0 fully saturated rings. The van der Waals surface area contributed by atoms with Crippen molar-refractivity contribution in [1.82, 2.24) is 9.78 Å². The molecule has 0 aliphatic heterocycles. The summed E-state index contributed by atoms with van der Waals surface area (Å²) >= 11 is 0. The molecule has 0 aliphatic carbocycles. The van der Waals surface area contributed by atoms with Crippen LogP contribution in [0.15, 0.2) is 36.5 Å². The fraction of sp³-hybridized carbons (Fsp3) is 0.375. The minimum atomic E-state index is -0.488. The maximum absolute atomic E-state index is 10.5. The minimum absolute atomic E-state index is 0.117. The van der Waals surface area contributed by atoms with E-state index in [1.807, 2.05) is 12.1 Å². The van der Waals surface area contributed by atoms with Gasteiger partial charge in [0.15, 0.2) is 0 Å². The van der Waals surface area contributed by atoms with Crippen molar-refractivity contribution in [2.45, 2.75) is 40.2 Å². The number of ketones is 1. The second-order valence-corrected chi connectivity index (χ2v) is 5.43. The molecule has 1 aromatic heterocycles. The Kier molecular flexibility index (Phi) is 6.44. The van der Waals surface area contributed by atoms with Gasteiger partial charge in [-0.2, -0.15) is 4.68 Å². The van der Waals surface area contributed by atoms with Gasteiger partial charge in [-0.05, 0) is 35.8 Å². The van der Waals surface area contributed by atoms with Gasteiger partial charge in [-0.1, -0.05) is 38.1 Å². The van der Waals surface area contributed by atoms with Gasteiger partial charge in [-0.25, -0.2) is 0 Å². The normalized spacial score (nSPS) is 10.0. The average molecular weight is 303 g/mol. The summed E-state index contributed by atoms with van der Waals surface area (Å²) in [5.41, 5.74) is 2.36. The Balaban J connectivity index is 0.000000541. The second kappa shape index (κ2) is 8.07. The Morgan fingerprint density at radius 1 is 1.23 bits per heavy atom. The lowest BCUT2D eigenvalue weighted by molar-refractivity contribution is -0.389. The van der Waals surface area contributed by atoms with Crippen LogP contribution >= 0.6 is 0 Å². The maximum atomic E-state index is 10.5. The molecule has 0 spiro atoms. The molecule has 0 saturated carbocycles. The Bertz CT molecular complexity index is 626. The average Bonchev–Trinajstić information content (AvgIpc) is 2.87. The van der Waals surface area contributed by atoms with Gasteiger partial charge in [0.25, 0.3) is 0 Å². The van der Waals surface area contributed by atoms with E-state index in [9.17, 15) is 14.9 Å². The van der Waals surface area contributed by atoms with Crippen LogP contribution in [0.5, 0.6) is 0 Å². The van der Waals surface area contributed by atoms with Gasteiger partial charge < -0.3 is 14.9 Å². The van der Waals surface area contributed by atoms with Crippen molar-refractivity contribution in [3.05, 3.63) is 57.8 Å². The molecule has 22 heavy (non-hydrogen) atoms. The zero-order valence-electron chi connectivity index (χ0n) is 13.3. The predicted molar refractivity (Wildman–Crippen MR) is 84.9 cm³/mol. The Hall–Kier alpha value is -2.50. The molecule has 2 aromatic rings. The molecule has 0 amide bonds. The van der Waals surface area contributed by atoms with Crippen LogP contribution in [-0.2, 0) is 11.3 Å². The predicted octanol–water partition coefficient (Wildman–Crippen LogP) is 3.56. The fourth-order valence-corrected chi connectivity index (χ4v) is 1.73. The summed E-state index contributed by atoms with van der Waals surface area (Å²) in [5, 5.41) is 14.4. The number of carbonyl (C=O) groups excluding carboxylic acids is 1. The summed E-state index contributed by atoms with van der Waals surface area (Å²) in [6.07, 6.45) is 1.62. The lowest BCUT2D eigenvalue weighted by Crippen LogP contribution is -2.01. The van der Waals surface area contributed by atoms with Crippen molar-refractivity contribution in [3.63, 3.8) is 0 Å². The number of benzene rings is 1. The van der Waals surface area contributed by atoms with Gasteiger partial charge in [0.05, 0.1) is 23.9 Å². The molecular weight excluding hydrogens is 282 g/mol. The quantitative estimate of drug-likeness (QED) is 0.639. The zero-order valence-corrected chi connectivity index (χ0v) is 13.3. The second-order valence-electron chi connectivity index (χ2n) is 5.43. The number of rotatable bonds is 4. The molecule has 0 saturated heterocycles. The van der Waals surface area contributed by atoms with Gasteiger partial charge in [-0.15, -0.1) is 0 Å². The minimum Gasteiger partial charge on any atom is -0.358 e. The van der Waals surface area contributed by atoms with Crippen molar-refractivity contribution in [2.24, 2.45) is 0 Å². The van der Waals surface area contributed by atoms with Gasteiger partial charge in [0.2, 0.25) is 0 Å². The molecule has 1 aromatic carbocycles. The summed E-state index contributed by atoms with van der Waals surface area (Å²) in [5.74, 6) is 0.554. The highest BCUT2D eigenvalue weighted by Crippen LogP contribution is 2.15. The number of carbonyl (C=O) groups is 1. The molecule has 1 heterocycles. The Morgan fingerprint density at radius 3 is 2.18 bits per heavy atom. The summed E-state index contributed by atoms with van der Waals surface area (Å²) in [6.45, 7) is 7.89. The van der Waals surface area contributed by atoms with Crippen molar-refractivity contribution < 1.29 is 9.72 Å². The van der Waals surface area contributed by atoms with Crippen LogP contribution in [0.3, 0.4) is 0 Å². The van der Waals surface area contributed by atoms with Crippen LogP contribution in [0.2, 0.25) is 0 Å². The van der Waals surface area contributed by atoms with E-state index in [2.05, 4.69) is 31.1 Å². The van der Waals surface area contributed by atoms with Crippen LogP contribution in [0.4, 0.5) is 5.82 Å². The van der Waals surface area contributed by atoms with E-state index in [0.29, 0.717) is 12.5 Å². The molecule has 6 nitrogen and oxygen atoms in total. The van der Waals surface area contributed by atoms with Gasteiger partial charge in [0, 0.05) is 0 Å². The molecule has 0 atom stereocenters. The third-order valence-corrected chi connectivity index (χ3v) is 2.80. The monoisotopic (exact) mass is 303 g/mol. The van der Waals surface area contributed by atoms with Crippen molar-refractivity contribution >= 4 is 11.6 Å². The zero-order chi connectivity index (χ0) is 16.7. The first kappa shape index (κ1) is 17.6. The summed E-state index contributed by atoms with van der Waals surface area (Å²) < 4.78 is 1.57. The summed E-state index contributed by atoms with van der Waals surface area (Å²) in [4.78, 5) is 19.5. The summed E-state index contributed by atoms with van der Waals surface area (Å²) in [6, 6.07) is 9.63. The first-order valence-corrected chi connectivity index (χ1v) is 7.03. The number of hydrogen-bond acceptors (Lipinski definition) is 4. The van der Waals surface area contributed by atoms with Gasteiger partial charge in [0.1, 0.15) is 5.78 Å². The SMILES string of the molecule is CC(C)=O.CC(C)c1ccc(Cn2ccc([N+](=O)[O-])n2)cc1. The Morgan fingerprint density at radius 2 is 1.77 bits per heavy atom. The molecule has 0 unspecified atom stereocenters. The van der Waals surface area contributed by atoms with E-state index in [1.165, 1.54) is 25.5 Å². The third-order valence-electron chi connectivity index (χ3n) is 2.80. The summed E-state index contributed by atoms with van der Waals surface area (Å²) in [7, 11) is 0. The maximum Gasteiger partial charge on any atom is 0.389 e. The van der Waals surface area contributed by atoms with E-state index in [1.54, 1.807) is 10.9 Å². The molecule has 0 radical (unpaired) electrons. The topological polar surface area (TPSA) is 78.0 Å². The first-order chi connectivity index (χ1) is 10.3. The third kappa shape index (κ3) is 5.87. The Labute approximate surface area is 129 Å². The van der Waals surface area contributed by atoms with Gasteiger partial charge >= 0.3 is 5.82 Å². The molecular formula is C16H21N3O3. The molecule has 0 N–H and O–H groups in total. The van der Waals surface area contributed by atoms with Gasteiger partial charge in [-0.3, -0.25) is 0 Å². The highest BCUT2D eigenvalue weighted by Gasteiger charge is 2.10. The standard InChI is InChI=1S/C13H15N3O2.C3H6O/c1-10(2)12-5-3-11(4-6-12)9-15-8-7-13(14-15)16(17)18;1-3(2)4/h3-8,10H,9H2,1-2H3;1-2H3. The molecule has 0 aliphatic rings. The van der Waals surface area contributed by atoms with Crippen molar-refractivity contribution in [3.8, 4) is 0 Å². The smallest absolute Gasteiger partial charge is 0.358 e. The number of nitrogens with zero attached hydrogens (tertiary/aromatic N) is 3. The van der Waals surface area contributed by atoms with Crippen LogP contribution in [0.1, 0.15) is 44.7 Å². The molecule has 2 rings (SSSR count). The lowest BCUT2D eigenvalue weighted by Gasteiger charge is -2.05. The molecule has 118 valence electrons. The number of nitro groups is 1. The van der Waals surface area contributed by atoms with Crippen molar-refractivity contribution in [1.29, 1.82) is 0 Å². The number of hydrogen-bond donors (Lipinski definition) is 0. The van der Waals surface area contributed by atoms with Crippen LogP contribution in [0.25, 0.3) is 0 Å². The van der Waals surface area contributed by atoms with E-state index in [4.69, 9.17) is 0 Å². The van der Waals surface area contributed by atoms with Crippen molar-refractivity contribution in [2.75, 3.05) is 0 Å². The molecule has 0 bridgehead atoms. The van der Waals surface area contributed by atoms with Crippen LogP contribution in [-0.4, -0.2) is 20.5 Å². The highest BCUT2D eigenvalue weighted by atomic mass is 16.6. The first-order valence-electron chi connectivity index (χ1n) is 7.03. The largest absolute Gasteiger partial charge is 0.389 e. The van der Waals surface area contributed by atoms with E-state index < -0.39 is 4.92 Å². The number of Topliss-reactive ketones (excluding diaryl/α,β-unsaturated/α-hetero) is 1. The highest BCUT2D eigenvalue weighted by molar-refractivity contribution is 5.72. The lowest BCUT2D eigenvalue weighted by atomic mass is 10.0. The van der Waals surface area contributed by atoms with E-state index in [0.717, 1.165) is 5.56 Å². The fourth-order valence-electron chi connectivity index (χ4n) is 1.73. The van der Waals surface area contributed by atoms with E-state index in [-0.39, 0.29) is 11.6 Å².